The number of nitro benzene ring substituents is 1. The molecule has 0 aliphatic rings. The summed E-state index contributed by atoms with van der Waals surface area (Å²) in [6.07, 6.45) is -1.20. The van der Waals surface area contributed by atoms with Gasteiger partial charge in [-0.2, -0.15) is 0 Å². The first-order valence-corrected chi connectivity index (χ1v) is 8.46. The van der Waals surface area contributed by atoms with Crippen LogP contribution in [0.25, 0.3) is 11.3 Å². The van der Waals surface area contributed by atoms with Crippen molar-refractivity contribution in [2.45, 2.75) is 13.0 Å². The van der Waals surface area contributed by atoms with Gasteiger partial charge in [0.2, 0.25) is 5.76 Å². The largest absolute Gasteiger partial charge is 0.449 e. The number of benzene rings is 2. The van der Waals surface area contributed by atoms with Crippen LogP contribution in [0.1, 0.15) is 17.5 Å². The van der Waals surface area contributed by atoms with Crippen molar-refractivity contribution in [3.63, 3.8) is 0 Å². The van der Waals surface area contributed by atoms with Crippen molar-refractivity contribution in [3.8, 4) is 11.3 Å². The topological polar surface area (TPSA) is 112 Å². The van der Waals surface area contributed by atoms with Gasteiger partial charge in [0.1, 0.15) is 11.6 Å². The second-order valence-electron chi connectivity index (χ2n) is 5.98. The molecular formula is C20H15FN2O6. The lowest BCUT2D eigenvalue weighted by Gasteiger charge is -2.13. The van der Waals surface area contributed by atoms with E-state index in [0.717, 1.165) is 0 Å². The highest BCUT2D eigenvalue weighted by Crippen LogP contribution is 2.25. The number of furan rings is 1. The number of nitro groups is 1. The number of esters is 1. The van der Waals surface area contributed by atoms with Crippen molar-refractivity contribution in [1.82, 2.24) is 0 Å². The Kier molecular flexibility index (Phi) is 5.68. The fourth-order valence-electron chi connectivity index (χ4n) is 2.42. The van der Waals surface area contributed by atoms with Crippen LogP contribution in [0.3, 0.4) is 0 Å². The molecule has 0 bridgehead atoms. The number of carbonyl (C=O) groups excluding carboxylic acids is 2. The molecule has 8 nitrogen and oxygen atoms in total. The van der Waals surface area contributed by atoms with Gasteiger partial charge in [0.25, 0.3) is 11.6 Å². The Bertz CT molecular complexity index is 1060. The van der Waals surface area contributed by atoms with E-state index in [4.69, 9.17) is 9.15 Å². The average Bonchev–Trinajstić information content (AvgIpc) is 3.20. The number of anilines is 1. The summed E-state index contributed by atoms with van der Waals surface area (Å²) in [6, 6.07) is 14.1. The van der Waals surface area contributed by atoms with Crippen LogP contribution in [-0.4, -0.2) is 22.9 Å². The zero-order valence-corrected chi connectivity index (χ0v) is 15.1. The van der Waals surface area contributed by atoms with Crippen LogP contribution in [0.4, 0.5) is 15.8 Å². The van der Waals surface area contributed by atoms with Gasteiger partial charge in [-0.25, -0.2) is 9.18 Å². The van der Waals surface area contributed by atoms with Crippen LogP contribution in [0, 0.1) is 15.9 Å². The Morgan fingerprint density at radius 2 is 1.79 bits per heavy atom. The van der Waals surface area contributed by atoms with Gasteiger partial charge in [-0.05, 0) is 43.3 Å². The molecule has 0 aliphatic heterocycles. The van der Waals surface area contributed by atoms with E-state index < -0.39 is 28.7 Å². The molecule has 0 saturated heterocycles. The van der Waals surface area contributed by atoms with Crippen LogP contribution in [0.15, 0.2) is 65.1 Å². The summed E-state index contributed by atoms with van der Waals surface area (Å²) in [5.74, 6) is -2.04. The van der Waals surface area contributed by atoms with Crippen LogP contribution in [0.2, 0.25) is 0 Å². The monoisotopic (exact) mass is 398 g/mol. The number of hydrogen-bond donors (Lipinski definition) is 1. The molecule has 1 amide bonds. The van der Waals surface area contributed by atoms with Crippen molar-refractivity contribution in [3.05, 3.63) is 82.4 Å². The fourth-order valence-corrected chi connectivity index (χ4v) is 2.42. The minimum atomic E-state index is -1.20. The molecule has 148 valence electrons. The third-order valence-corrected chi connectivity index (χ3v) is 3.95. The summed E-state index contributed by atoms with van der Waals surface area (Å²) < 4.78 is 24.1. The first-order chi connectivity index (χ1) is 13.8. The smallest absolute Gasteiger partial charge is 0.375 e. The average molecular weight is 398 g/mol. The third kappa shape index (κ3) is 4.64. The number of nitrogens with one attached hydrogen (secondary N) is 1. The number of carbonyl (C=O) groups is 2. The quantitative estimate of drug-likeness (QED) is 0.379. The van der Waals surface area contributed by atoms with E-state index in [1.165, 1.54) is 61.5 Å². The second-order valence-corrected chi connectivity index (χ2v) is 5.98. The summed E-state index contributed by atoms with van der Waals surface area (Å²) >= 11 is 0. The van der Waals surface area contributed by atoms with Crippen molar-refractivity contribution >= 4 is 23.3 Å². The summed E-state index contributed by atoms with van der Waals surface area (Å²) in [5, 5.41) is 13.0. The molecule has 0 spiro atoms. The van der Waals surface area contributed by atoms with Crippen LogP contribution in [0.5, 0.6) is 0 Å². The Balaban J connectivity index is 1.64. The van der Waals surface area contributed by atoms with Crippen LogP contribution >= 0.6 is 0 Å². The highest BCUT2D eigenvalue weighted by atomic mass is 19.1. The zero-order valence-electron chi connectivity index (χ0n) is 15.1. The normalized spacial score (nSPS) is 11.5. The lowest BCUT2D eigenvalue weighted by Crippen LogP contribution is -2.30. The molecule has 0 aliphatic carbocycles. The predicted molar refractivity (Wildman–Crippen MR) is 101 cm³/mol. The summed E-state index contributed by atoms with van der Waals surface area (Å²) in [7, 11) is 0. The van der Waals surface area contributed by atoms with Gasteiger partial charge in [-0.1, -0.05) is 12.1 Å². The maximum atomic E-state index is 13.6. The minimum absolute atomic E-state index is 0.0288. The molecule has 3 aromatic rings. The van der Waals surface area contributed by atoms with Crippen LogP contribution in [-0.2, 0) is 9.53 Å². The number of halogens is 1. The minimum Gasteiger partial charge on any atom is -0.449 e. The van der Waals surface area contributed by atoms with E-state index in [0.29, 0.717) is 11.3 Å². The van der Waals surface area contributed by atoms with E-state index in [2.05, 4.69) is 5.32 Å². The van der Waals surface area contributed by atoms with Crippen molar-refractivity contribution in [1.29, 1.82) is 0 Å². The number of rotatable bonds is 6. The molecule has 3 rings (SSSR count). The Morgan fingerprint density at radius 1 is 1.10 bits per heavy atom. The summed E-state index contributed by atoms with van der Waals surface area (Å²) in [6.45, 7) is 1.34. The maximum Gasteiger partial charge on any atom is 0.375 e. The molecule has 9 heteroatoms. The first-order valence-electron chi connectivity index (χ1n) is 8.46. The summed E-state index contributed by atoms with van der Waals surface area (Å²) in [4.78, 5) is 34.5. The highest BCUT2D eigenvalue weighted by molar-refractivity contribution is 5.96. The van der Waals surface area contributed by atoms with Gasteiger partial charge in [-0.3, -0.25) is 14.9 Å². The Hall–Kier alpha value is -4.01. The molecule has 0 fully saturated rings. The molecule has 1 N–H and O–H groups in total. The number of amides is 1. The lowest BCUT2D eigenvalue weighted by atomic mass is 10.1. The van der Waals surface area contributed by atoms with Crippen molar-refractivity contribution in [2.24, 2.45) is 0 Å². The standard InChI is InChI=1S/C20H15FN2O6/c1-12(19(24)22-16-5-3-2-4-15(16)21)28-20(25)18-11-10-17(29-18)13-6-8-14(9-7-13)23(26)27/h2-12H,1H3,(H,22,24)/t12-/m1/s1. The van der Waals surface area contributed by atoms with E-state index in [-0.39, 0.29) is 17.1 Å². The van der Waals surface area contributed by atoms with Gasteiger partial charge < -0.3 is 14.5 Å². The summed E-state index contributed by atoms with van der Waals surface area (Å²) in [5.41, 5.74) is 0.425. The Morgan fingerprint density at radius 3 is 2.45 bits per heavy atom. The number of non-ortho nitro benzene ring substituents is 1. The van der Waals surface area contributed by atoms with Gasteiger partial charge in [0.15, 0.2) is 6.10 Å². The number of nitrogens with zero attached hydrogens (tertiary/aromatic N) is 1. The van der Waals surface area contributed by atoms with Crippen LogP contribution < -0.4 is 5.32 Å². The maximum absolute atomic E-state index is 13.6. The van der Waals surface area contributed by atoms with Gasteiger partial charge in [0.05, 0.1) is 10.6 Å². The van der Waals surface area contributed by atoms with E-state index in [1.807, 2.05) is 0 Å². The number of para-hydroxylation sites is 1. The van der Waals surface area contributed by atoms with E-state index >= 15 is 0 Å². The first kappa shape index (κ1) is 19.7. The molecule has 29 heavy (non-hydrogen) atoms. The fraction of sp³-hybridized carbons (Fsp3) is 0.100. The van der Waals surface area contributed by atoms with Crippen molar-refractivity contribution < 1.29 is 28.1 Å². The molecule has 0 saturated carbocycles. The van der Waals surface area contributed by atoms with Crippen molar-refractivity contribution in [2.75, 3.05) is 5.32 Å². The van der Waals surface area contributed by atoms with E-state index in [9.17, 15) is 24.1 Å². The highest BCUT2D eigenvalue weighted by Gasteiger charge is 2.22. The molecule has 0 radical (unpaired) electrons. The second kappa shape index (κ2) is 8.34. The molecular weight excluding hydrogens is 383 g/mol. The third-order valence-electron chi connectivity index (χ3n) is 3.95. The molecule has 0 unspecified atom stereocenters. The predicted octanol–water partition coefficient (Wildman–Crippen LogP) is 4.18. The molecule has 2 aromatic carbocycles. The molecule has 1 atom stereocenters. The van der Waals surface area contributed by atoms with Gasteiger partial charge in [-0.15, -0.1) is 0 Å². The number of ether oxygens (including phenoxy) is 1. The Labute approximate surface area is 164 Å². The zero-order chi connectivity index (χ0) is 21.0. The molecule has 1 aromatic heterocycles. The SMILES string of the molecule is C[C@@H](OC(=O)c1ccc(-c2ccc([N+](=O)[O-])cc2)o1)C(=O)Nc1ccccc1F. The lowest BCUT2D eigenvalue weighted by molar-refractivity contribution is -0.384. The number of hydrogen-bond acceptors (Lipinski definition) is 6. The van der Waals surface area contributed by atoms with Gasteiger partial charge >= 0.3 is 5.97 Å². The van der Waals surface area contributed by atoms with E-state index in [1.54, 1.807) is 6.07 Å². The molecule has 1 heterocycles. The van der Waals surface area contributed by atoms with Gasteiger partial charge in [0, 0.05) is 17.7 Å².